The molecule has 0 aliphatic carbocycles. The zero-order valence-corrected chi connectivity index (χ0v) is 21.1. The van der Waals surface area contributed by atoms with Crippen LogP contribution in [0.5, 0.6) is 0 Å². The maximum absolute atomic E-state index is 13.1. The molecule has 0 radical (unpaired) electrons. The lowest BCUT2D eigenvalue weighted by atomic mass is 10.0. The van der Waals surface area contributed by atoms with E-state index >= 15 is 0 Å². The zero-order valence-electron chi connectivity index (χ0n) is 20.3. The summed E-state index contributed by atoms with van der Waals surface area (Å²) in [5.41, 5.74) is 7.65. The molecule has 1 saturated heterocycles. The van der Waals surface area contributed by atoms with Gasteiger partial charge in [-0.15, -0.1) is 11.3 Å². The number of carbonyl (C=O) groups is 2. The smallest absolute Gasteiger partial charge is 0.254 e. The maximum Gasteiger partial charge on any atom is 0.254 e. The van der Waals surface area contributed by atoms with Crippen LogP contribution in [0.25, 0.3) is 10.4 Å². The van der Waals surface area contributed by atoms with Crippen LogP contribution in [0, 0.1) is 0 Å². The Morgan fingerprint density at radius 2 is 2.00 bits per heavy atom. The molecule has 0 saturated carbocycles. The number of aromatic nitrogens is 1. The number of amides is 2. The highest BCUT2D eigenvalue weighted by molar-refractivity contribution is 7.14. The summed E-state index contributed by atoms with van der Waals surface area (Å²) in [6.45, 7) is 5.86. The molecule has 190 valence electrons. The highest BCUT2D eigenvalue weighted by atomic mass is 32.1. The van der Waals surface area contributed by atoms with Crippen molar-refractivity contribution in [2.45, 2.75) is 26.1 Å². The van der Waals surface area contributed by atoms with Crippen LogP contribution in [-0.4, -0.2) is 65.3 Å². The lowest BCUT2D eigenvalue weighted by molar-refractivity contribution is -0.0276. The van der Waals surface area contributed by atoms with Crippen LogP contribution < -0.4 is 11.1 Å². The van der Waals surface area contributed by atoms with Gasteiger partial charge in [-0.2, -0.15) is 0 Å². The SMILES string of the molecule is CC(C)(O)COCc1cccc(Nc2cc(C(=O)N3CCOCC3)ccc2-c2sccc2C(N)=O)n1. The van der Waals surface area contributed by atoms with Gasteiger partial charge in [0, 0.05) is 34.8 Å². The third kappa shape index (κ3) is 6.46. The summed E-state index contributed by atoms with van der Waals surface area (Å²) in [6.07, 6.45) is 0. The summed E-state index contributed by atoms with van der Waals surface area (Å²) in [4.78, 5) is 32.3. The van der Waals surface area contributed by atoms with Gasteiger partial charge in [-0.3, -0.25) is 9.59 Å². The first-order valence-electron chi connectivity index (χ1n) is 11.6. The average Bonchev–Trinajstić information content (AvgIpc) is 3.34. The van der Waals surface area contributed by atoms with Gasteiger partial charge in [-0.05, 0) is 49.6 Å². The van der Waals surface area contributed by atoms with Crippen molar-refractivity contribution in [1.29, 1.82) is 0 Å². The van der Waals surface area contributed by atoms with Crippen LogP contribution in [-0.2, 0) is 16.1 Å². The molecule has 0 unspecified atom stereocenters. The molecule has 2 amide bonds. The summed E-state index contributed by atoms with van der Waals surface area (Å²) < 4.78 is 11.0. The van der Waals surface area contributed by atoms with Gasteiger partial charge in [-0.25, -0.2) is 4.98 Å². The van der Waals surface area contributed by atoms with Crippen molar-refractivity contribution in [1.82, 2.24) is 9.88 Å². The molecule has 3 heterocycles. The number of pyridine rings is 1. The van der Waals surface area contributed by atoms with Crippen LogP contribution in [0.1, 0.15) is 40.3 Å². The molecule has 36 heavy (non-hydrogen) atoms. The van der Waals surface area contributed by atoms with Gasteiger partial charge in [0.05, 0.1) is 43.3 Å². The molecule has 9 nitrogen and oxygen atoms in total. The van der Waals surface area contributed by atoms with E-state index < -0.39 is 11.5 Å². The van der Waals surface area contributed by atoms with Crippen LogP contribution in [0.15, 0.2) is 47.8 Å². The Labute approximate surface area is 213 Å². The number of nitrogens with one attached hydrogen (secondary N) is 1. The first-order chi connectivity index (χ1) is 17.2. The molecule has 3 aromatic rings. The largest absolute Gasteiger partial charge is 0.388 e. The third-order valence-corrected chi connectivity index (χ3v) is 6.46. The fraction of sp³-hybridized carbons (Fsp3) is 0.346. The minimum absolute atomic E-state index is 0.0871. The number of nitrogens with two attached hydrogens (primary N) is 1. The monoisotopic (exact) mass is 510 g/mol. The third-order valence-electron chi connectivity index (χ3n) is 5.51. The van der Waals surface area contributed by atoms with Crippen molar-refractivity contribution < 1.29 is 24.2 Å². The number of morpholine rings is 1. The van der Waals surface area contributed by atoms with E-state index in [1.807, 2.05) is 29.6 Å². The molecule has 4 N–H and O–H groups in total. The fourth-order valence-corrected chi connectivity index (χ4v) is 4.75. The Morgan fingerprint density at radius 1 is 1.22 bits per heavy atom. The van der Waals surface area contributed by atoms with E-state index in [-0.39, 0.29) is 19.1 Å². The molecular formula is C26H30N4O5S. The van der Waals surface area contributed by atoms with Gasteiger partial charge in [0.25, 0.3) is 5.91 Å². The minimum Gasteiger partial charge on any atom is -0.388 e. The number of anilines is 2. The van der Waals surface area contributed by atoms with Gasteiger partial charge in [0.15, 0.2) is 0 Å². The van der Waals surface area contributed by atoms with Crippen molar-refractivity contribution in [2.24, 2.45) is 5.73 Å². The van der Waals surface area contributed by atoms with E-state index in [1.165, 1.54) is 11.3 Å². The number of nitrogens with zero attached hydrogens (tertiary/aromatic N) is 2. The number of carbonyl (C=O) groups excluding carboxylic acids is 2. The number of hydrogen-bond acceptors (Lipinski definition) is 8. The summed E-state index contributed by atoms with van der Waals surface area (Å²) >= 11 is 1.40. The number of primary amides is 1. The van der Waals surface area contributed by atoms with Crippen LogP contribution in [0.2, 0.25) is 0 Å². The predicted molar refractivity (Wildman–Crippen MR) is 138 cm³/mol. The van der Waals surface area contributed by atoms with E-state index in [1.54, 1.807) is 36.9 Å². The normalized spacial score (nSPS) is 14.0. The van der Waals surface area contributed by atoms with E-state index in [9.17, 15) is 14.7 Å². The highest BCUT2D eigenvalue weighted by Crippen LogP contribution is 2.37. The summed E-state index contributed by atoms with van der Waals surface area (Å²) in [6, 6.07) is 12.5. The van der Waals surface area contributed by atoms with Gasteiger partial charge in [-0.1, -0.05) is 12.1 Å². The summed E-state index contributed by atoms with van der Waals surface area (Å²) in [5.74, 6) is -0.0561. The first-order valence-corrected chi connectivity index (χ1v) is 12.5. The van der Waals surface area contributed by atoms with Gasteiger partial charge < -0.3 is 30.5 Å². The summed E-state index contributed by atoms with van der Waals surface area (Å²) in [5, 5.41) is 15.0. The molecule has 1 fully saturated rings. The van der Waals surface area contributed by atoms with Gasteiger partial charge in [0.1, 0.15) is 5.82 Å². The molecule has 4 rings (SSSR count). The molecule has 0 spiro atoms. The fourth-order valence-electron chi connectivity index (χ4n) is 3.81. The molecule has 10 heteroatoms. The molecule has 1 aliphatic heterocycles. The topological polar surface area (TPSA) is 127 Å². The Morgan fingerprint density at radius 3 is 2.72 bits per heavy atom. The van der Waals surface area contributed by atoms with Gasteiger partial charge >= 0.3 is 0 Å². The second kappa shape index (κ2) is 11.2. The number of thiophene rings is 1. The molecule has 2 aromatic heterocycles. The Bertz CT molecular complexity index is 1230. The number of hydrogen-bond donors (Lipinski definition) is 3. The molecule has 0 bridgehead atoms. The van der Waals surface area contributed by atoms with E-state index in [4.69, 9.17) is 15.2 Å². The Kier molecular flexibility index (Phi) is 8.00. The first kappa shape index (κ1) is 25.8. The van der Waals surface area contributed by atoms with E-state index in [0.717, 1.165) is 5.56 Å². The number of benzene rings is 1. The number of rotatable bonds is 9. The molecule has 1 aromatic carbocycles. The standard InChI is InChI=1S/C26H30N4O5S/c1-26(2,33)16-35-15-18-4-3-5-22(28-18)29-21-14-17(25(32)30-9-11-34-12-10-30)6-7-19(21)23-20(24(27)31)8-13-36-23/h3-8,13-14,33H,9-12,15-16H2,1-2H3,(H2,27,31)(H,28,29). The van der Waals surface area contributed by atoms with Crippen molar-refractivity contribution in [3.63, 3.8) is 0 Å². The van der Waals surface area contributed by atoms with E-state index in [2.05, 4.69) is 10.3 Å². The lowest BCUT2D eigenvalue weighted by Crippen LogP contribution is -2.40. The average molecular weight is 511 g/mol. The maximum atomic E-state index is 13.1. The highest BCUT2D eigenvalue weighted by Gasteiger charge is 2.22. The van der Waals surface area contributed by atoms with Gasteiger partial charge in [0.2, 0.25) is 5.91 Å². The second-order valence-corrected chi connectivity index (χ2v) is 10.1. The minimum atomic E-state index is -0.933. The van der Waals surface area contributed by atoms with Crippen LogP contribution in [0.4, 0.5) is 11.5 Å². The van der Waals surface area contributed by atoms with Crippen molar-refractivity contribution in [3.8, 4) is 10.4 Å². The Hall–Kier alpha value is -3.31. The summed E-state index contributed by atoms with van der Waals surface area (Å²) in [7, 11) is 0. The van der Waals surface area contributed by atoms with Crippen LogP contribution >= 0.6 is 11.3 Å². The van der Waals surface area contributed by atoms with E-state index in [0.29, 0.717) is 59.5 Å². The van der Waals surface area contributed by atoms with Crippen molar-refractivity contribution in [2.75, 3.05) is 38.2 Å². The molecule has 1 aliphatic rings. The second-order valence-electron chi connectivity index (χ2n) is 9.14. The zero-order chi connectivity index (χ0) is 25.7. The quantitative estimate of drug-likeness (QED) is 0.403. The Balaban J connectivity index is 1.65. The predicted octanol–water partition coefficient (Wildman–Crippen LogP) is 3.41. The van der Waals surface area contributed by atoms with Crippen molar-refractivity contribution >= 4 is 34.7 Å². The van der Waals surface area contributed by atoms with Crippen LogP contribution in [0.3, 0.4) is 0 Å². The molecule has 0 atom stereocenters. The number of ether oxygens (including phenoxy) is 2. The molecular weight excluding hydrogens is 480 g/mol. The lowest BCUT2D eigenvalue weighted by Gasteiger charge is -2.27. The van der Waals surface area contributed by atoms with Crippen molar-refractivity contribution in [3.05, 3.63) is 64.7 Å². The number of aliphatic hydroxyl groups is 1.